The van der Waals surface area contributed by atoms with E-state index in [4.69, 9.17) is 0 Å². The first kappa shape index (κ1) is 13.9. The van der Waals surface area contributed by atoms with Crippen molar-refractivity contribution >= 4 is 11.4 Å². The Labute approximate surface area is 106 Å². The van der Waals surface area contributed by atoms with Crippen molar-refractivity contribution in [1.29, 1.82) is 0 Å². The van der Waals surface area contributed by atoms with Crippen molar-refractivity contribution in [3.8, 4) is 0 Å². The van der Waals surface area contributed by atoms with Gasteiger partial charge >= 0.3 is 0 Å². The summed E-state index contributed by atoms with van der Waals surface area (Å²) in [5, 5.41) is 3.50. The van der Waals surface area contributed by atoms with Crippen LogP contribution in [-0.4, -0.2) is 19.1 Å². The first-order chi connectivity index (χ1) is 8.18. The van der Waals surface area contributed by atoms with Gasteiger partial charge in [-0.3, -0.25) is 0 Å². The molecule has 0 aliphatic carbocycles. The van der Waals surface area contributed by atoms with E-state index in [1.165, 1.54) is 23.4 Å². The van der Waals surface area contributed by atoms with Crippen LogP contribution in [0.5, 0.6) is 0 Å². The second kappa shape index (κ2) is 6.53. The molecular formula is C15H26N2. The fourth-order valence-electron chi connectivity index (χ4n) is 2.16. The highest BCUT2D eigenvalue weighted by Gasteiger charge is 2.16. The minimum Gasteiger partial charge on any atom is -0.383 e. The van der Waals surface area contributed by atoms with E-state index < -0.39 is 0 Å². The Hall–Kier alpha value is -1.18. The summed E-state index contributed by atoms with van der Waals surface area (Å²) in [4.78, 5) is 2.49. The van der Waals surface area contributed by atoms with Crippen LogP contribution in [0.1, 0.15) is 39.7 Å². The van der Waals surface area contributed by atoms with Gasteiger partial charge in [0.2, 0.25) is 0 Å². The molecule has 0 saturated heterocycles. The Morgan fingerprint density at radius 1 is 1.24 bits per heavy atom. The minimum absolute atomic E-state index is 0.574. The van der Waals surface area contributed by atoms with Crippen LogP contribution in [-0.2, 0) is 0 Å². The van der Waals surface area contributed by atoms with Crippen molar-refractivity contribution < 1.29 is 0 Å². The summed E-state index contributed by atoms with van der Waals surface area (Å²) in [5.74, 6) is 0. The summed E-state index contributed by atoms with van der Waals surface area (Å²) >= 11 is 0. The van der Waals surface area contributed by atoms with Crippen LogP contribution in [0, 0.1) is 6.92 Å². The molecule has 0 spiro atoms. The maximum Gasteiger partial charge on any atom is 0.0606 e. The highest BCUT2D eigenvalue weighted by molar-refractivity contribution is 5.72. The van der Waals surface area contributed by atoms with E-state index in [9.17, 15) is 0 Å². The van der Waals surface area contributed by atoms with Gasteiger partial charge in [-0.15, -0.1) is 0 Å². The lowest BCUT2D eigenvalue weighted by Crippen LogP contribution is -2.31. The number of aryl methyl sites for hydroxylation is 1. The van der Waals surface area contributed by atoms with Crippen LogP contribution < -0.4 is 10.2 Å². The lowest BCUT2D eigenvalue weighted by molar-refractivity contribution is 0.672. The summed E-state index contributed by atoms with van der Waals surface area (Å²) < 4.78 is 0. The third-order valence-corrected chi connectivity index (χ3v) is 2.98. The van der Waals surface area contributed by atoms with E-state index >= 15 is 0 Å². The molecule has 96 valence electrons. The molecule has 2 rings (SSSR count). The van der Waals surface area contributed by atoms with E-state index in [-0.39, 0.29) is 0 Å². The quantitative estimate of drug-likeness (QED) is 0.788. The van der Waals surface area contributed by atoms with Gasteiger partial charge < -0.3 is 10.2 Å². The molecule has 0 atom stereocenters. The van der Waals surface area contributed by atoms with Crippen molar-refractivity contribution in [2.75, 3.05) is 23.3 Å². The summed E-state index contributed by atoms with van der Waals surface area (Å²) in [6.07, 6.45) is 1.21. The highest BCUT2D eigenvalue weighted by atomic mass is 15.2. The van der Waals surface area contributed by atoms with Gasteiger partial charge in [-0.05, 0) is 44.9 Å². The zero-order chi connectivity index (χ0) is 12.8. The van der Waals surface area contributed by atoms with Crippen molar-refractivity contribution in [3.05, 3.63) is 23.8 Å². The third-order valence-electron chi connectivity index (χ3n) is 2.98. The molecule has 0 radical (unpaired) electrons. The van der Waals surface area contributed by atoms with Crippen LogP contribution in [0.4, 0.5) is 11.4 Å². The average molecular weight is 234 g/mol. The molecule has 0 fully saturated rings. The number of nitrogens with one attached hydrogen (secondary N) is 1. The van der Waals surface area contributed by atoms with Crippen molar-refractivity contribution in [3.63, 3.8) is 0 Å². The smallest absolute Gasteiger partial charge is 0.0606 e. The average Bonchev–Trinajstić information content (AvgIpc) is 2.53. The van der Waals surface area contributed by atoms with Crippen molar-refractivity contribution in [1.82, 2.24) is 0 Å². The molecule has 0 unspecified atom stereocenters. The molecule has 2 heteroatoms. The summed E-state index contributed by atoms with van der Waals surface area (Å²) in [6, 6.07) is 7.24. The number of rotatable bonds is 1. The number of hydrogen-bond acceptors (Lipinski definition) is 2. The largest absolute Gasteiger partial charge is 0.383 e. The number of nitrogens with zero attached hydrogens (tertiary/aromatic N) is 1. The van der Waals surface area contributed by atoms with Crippen LogP contribution in [0.25, 0.3) is 0 Å². The van der Waals surface area contributed by atoms with E-state index in [0.29, 0.717) is 6.04 Å². The zero-order valence-corrected chi connectivity index (χ0v) is 11.9. The van der Waals surface area contributed by atoms with Crippen LogP contribution >= 0.6 is 0 Å². The Morgan fingerprint density at radius 2 is 1.94 bits per heavy atom. The number of anilines is 2. The lowest BCUT2D eigenvalue weighted by atomic mass is 10.1. The number of hydrogen-bond donors (Lipinski definition) is 1. The third kappa shape index (κ3) is 3.39. The second-order valence-corrected chi connectivity index (χ2v) is 4.59. The van der Waals surface area contributed by atoms with Gasteiger partial charge in [0.25, 0.3) is 0 Å². The first-order valence-electron chi connectivity index (χ1n) is 6.79. The SMILES string of the molecule is CC.Cc1ccc2c(c1)N(C(C)C)CCCN2. The van der Waals surface area contributed by atoms with Crippen LogP contribution in [0.3, 0.4) is 0 Å². The monoisotopic (exact) mass is 234 g/mol. The van der Waals surface area contributed by atoms with Gasteiger partial charge in [-0.1, -0.05) is 19.9 Å². The molecule has 1 N–H and O–H groups in total. The fourth-order valence-corrected chi connectivity index (χ4v) is 2.16. The molecule has 0 saturated carbocycles. The van der Waals surface area contributed by atoms with Crippen LogP contribution in [0.15, 0.2) is 18.2 Å². The molecule has 0 bridgehead atoms. The predicted octanol–water partition coefficient (Wildman–Crippen LogP) is 4.05. The van der Waals surface area contributed by atoms with Gasteiger partial charge in [-0.25, -0.2) is 0 Å². The Morgan fingerprint density at radius 3 is 2.59 bits per heavy atom. The zero-order valence-electron chi connectivity index (χ0n) is 11.9. The van der Waals surface area contributed by atoms with Gasteiger partial charge in [0.15, 0.2) is 0 Å². The maximum atomic E-state index is 3.50. The van der Waals surface area contributed by atoms with E-state index in [1.54, 1.807) is 0 Å². The van der Waals surface area contributed by atoms with Gasteiger partial charge in [0.05, 0.1) is 11.4 Å². The van der Waals surface area contributed by atoms with Crippen LogP contribution in [0.2, 0.25) is 0 Å². The molecule has 1 aliphatic rings. The maximum absolute atomic E-state index is 3.50. The lowest BCUT2D eigenvalue weighted by Gasteiger charge is -2.28. The summed E-state index contributed by atoms with van der Waals surface area (Å²) in [6.45, 7) is 12.9. The molecule has 0 aromatic heterocycles. The van der Waals surface area contributed by atoms with E-state index in [0.717, 1.165) is 13.1 Å². The van der Waals surface area contributed by atoms with Crippen molar-refractivity contribution in [2.45, 2.75) is 47.1 Å². The molecule has 17 heavy (non-hydrogen) atoms. The van der Waals surface area contributed by atoms with E-state index in [1.807, 2.05) is 13.8 Å². The molecule has 1 aromatic carbocycles. The standard InChI is InChI=1S/C13H20N2.C2H6/c1-10(2)15-8-4-7-14-12-6-5-11(3)9-13(12)15;1-2/h5-6,9-10,14H,4,7-8H2,1-3H3;1-2H3. The Bertz CT molecular complexity index is 345. The fraction of sp³-hybridized carbons (Fsp3) is 0.600. The van der Waals surface area contributed by atoms with E-state index in [2.05, 4.69) is 49.2 Å². The molecule has 1 aliphatic heterocycles. The molecule has 0 amide bonds. The number of benzene rings is 1. The molecule has 2 nitrogen and oxygen atoms in total. The first-order valence-corrected chi connectivity index (χ1v) is 6.79. The second-order valence-electron chi connectivity index (χ2n) is 4.59. The van der Waals surface area contributed by atoms with Gasteiger partial charge in [0, 0.05) is 19.1 Å². The molecule has 1 aromatic rings. The normalized spacial score (nSPS) is 14.4. The van der Waals surface area contributed by atoms with Crippen molar-refractivity contribution in [2.24, 2.45) is 0 Å². The van der Waals surface area contributed by atoms with Gasteiger partial charge in [0.1, 0.15) is 0 Å². The molecular weight excluding hydrogens is 208 g/mol. The number of fused-ring (bicyclic) bond motifs is 1. The Kier molecular flexibility index (Phi) is 5.33. The molecule has 1 heterocycles. The summed E-state index contributed by atoms with van der Waals surface area (Å²) in [7, 11) is 0. The minimum atomic E-state index is 0.574. The highest BCUT2D eigenvalue weighted by Crippen LogP contribution is 2.30. The van der Waals surface area contributed by atoms with Gasteiger partial charge in [-0.2, -0.15) is 0 Å². The predicted molar refractivity (Wildman–Crippen MR) is 78.1 cm³/mol. The topological polar surface area (TPSA) is 15.3 Å². The Balaban J connectivity index is 0.000000686. The summed E-state index contributed by atoms with van der Waals surface area (Å²) in [5.41, 5.74) is 3.98.